The highest BCUT2D eigenvalue weighted by atomic mass is 35.5. The van der Waals surface area contributed by atoms with Crippen LogP contribution in [0.15, 0.2) is 109 Å². The van der Waals surface area contributed by atoms with Gasteiger partial charge in [-0.15, -0.1) is 0 Å². The number of fused-ring (bicyclic) bond motifs is 1. The quantitative estimate of drug-likeness (QED) is 0.220. The summed E-state index contributed by atoms with van der Waals surface area (Å²) in [5.41, 5.74) is 4.42. The number of hydrogen-bond acceptors (Lipinski definition) is 4. The predicted molar refractivity (Wildman–Crippen MR) is 157 cm³/mol. The van der Waals surface area contributed by atoms with Crippen molar-refractivity contribution in [1.29, 1.82) is 0 Å². The highest BCUT2D eigenvalue weighted by Crippen LogP contribution is 2.47. The van der Waals surface area contributed by atoms with Gasteiger partial charge in [-0.2, -0.15) is 0 Å². The lowest BCUT2D eigenvalue weighted by Crippen LogP contribution is -2.38. The van der Waals surface area contributed by atoms with E-state index in [0.717, 1.165) is 27.8 Å². The van der Waals surface area contributed by atoms with Crippen LogP contribution in [0.4, 0.5) is 0 Å². The molecule has 5 aromatic rings. The minimum atomic E-state index is -0.838. The van der Waals surface area contributed by atoms with Gasteiger partial charge >= 0.3 is 0 Å². The normalized spacial score (nSPS) is 15.2. The Morgan fingerprint density at radius 3 is 1.90 bits per heavy atom. The van der Waals surface area contributed by atoms with Crippen LogP contribution in [0.3, 0.4) is 0 Å². The van der Waals surface area contributed by atoms with E-state index in [-0.39, 0.29) is 0 Å². The van der Waals surface area contributed by atoms with Crippen LogP contribution >= 0.6 is 11.6 Å². The fourth-order valence-electron chi connectivity index (χ4n) is 5.57. The Morgan fingerprint density at radius 1 is 0.875 bits per heavy atom. The standard InChI is InChI=1S/C34H31ClN2O3/c1-23(38)30-21-37(32(36-30)29-20-28(35)19-24-22-39-33(2,3)40-31(24)29)34(25-13-7-4-8-14-25,26-15-9-5-10-16-26)27-17-11-6-12-18-27/h4-21,23,38H,22H2,1-3H3. The molecule has 5 nitrogen and oxygen atoms in total. The number of benzene rings is 4. The summed E-state index contributed by atoms with van der Waals surface area (Å²) in [5, 5.41) is 11.4. The third-order valence-electron chi connectivity index (χ3n) is 7.38. The zero-order valence-electron chi connectivity index (χ0n) is 22.7. The smallest absolute Gasteiger partial charge is 0.205 e. The minimum absolute atomic E-state index is 0.362. The summed E-state index contributed by atoms with van der Waals surface area (Å²) < 4.78 is 14.5. The lowest BCUT2D eigenvalue weighted by atomic mass is 9.76. The Bertz CT molecular complexity index is 1530. The van der Waals surface area contributed by atoms with Gasteiger partial charge < -0.3 is 19.1 Å². The third-order valence-corrected chi connectivity index (χ3v) is 7.60. The van der Waals surface area contributed by atoms with Crippen molar-refractivity contribution in [3.63, 3.8) is 0 Å². The molecular formula is C34H31ClN2O3. The molecule has 1 aliphatic heterocycles. The zero-order chi connectivity index (χ0) is 27.9. The Labute approximate surface area is 239 Å². The molecule has 6 rings (SSSR count). The van der Waals surface area contributed by atoms with E-state index in [1.807, 2.05) is 86.8 Å². The number of aliphatic hydroxyl groups is 1. The monoisotopic (exact) mass is 550 g/mol. The van der Waals surface area contributed by atoms with Crippen LogP contribution in [0.1, 0.15) is 54.8 Å². The molecule has 1 aliphatic rings. The van der Waals surface area contributed by atoms with Gasteiger partial charge in [-0.3, -0.25) is 0 Å². The van der Waals surface area contributed by atoms with Gasteiger partial charge in [-0.1, -0.05) is 103 Å². The second kappa shape index (κ2) is 10.3. The van der Waals surface area contributed by atoms with Gasteiger partial charge in [0.15, 0.2) is 0 Å². The van der Waals surface area contributed by atoms with Gasteiger partial charge in [0.05, 0.1) is 24.0 Å². The van der Waals surface area contributed by atoms with Crippen molar-refractivity contribution in [1.82, 2.24) is 9.55 Å². The highest BCUT2D eigenvalue weighted by molar-refractivity contribution is 6.31. The average Bonchev–Trinajstić information content (AvgIpc) is 3.41. The summed E-state index contributed by atoms with van der Waals surface area (Å²) in [6.45, 7) is 5.88. The van der Waals surface area contributed by atoms with Gasteiger partial charge in [0.1, 0.15) is 17.1 Å². The minimum Gasteiger partial charge on any atom is -0.462 e. The maximum absolute atomic E-state index is 10.8. The first-order valence-electron chi connectivity index (χ1n) is 13.4. The molecule has 0 saturated heterocycles. The summed E-state index contributed by atoms with van der Waals surface area (Å²) in [5.74, 6) is 0.479. The summed E-state index contributed by atoms with van der Waals surface area (Å²) in [7, 11) is 0. The summed E-state index contributed by atoms with van der Waals surface area (Å²) >= 11 is 6.69. The first-order chi connectivity index (χ1) is 19.3. The largest absolute Gasteiger partial charge is 0.462 e. The molecule has 0 saturated carbocycles. The first kappa shape index (κ1) is 26.3. The van der Waals surface area contributed by atoms with Crippen LogP contribution in [0.25, 0.3) is 11.4 Å². The van der Waals surface area contributed by atoms with Crippen LogP contribution in [-0.2, 0) is 16.9 Å². The van der Waals surface area contributed by atoms with E-state index in [9.17, 15) is 5.11 Å². The van der Waals surface area contributed by atoms with E-state index in [2.05, 4.69) is 41.0 Å². The van der Waals surface area contributed by atoms with Crippen molar-refractivity contribution in [3.8, 4) is 17.1 Å². The van der Waals surface area contributed by atoms with Crippen molar-refractivity contribution in [2.45, 2.75) is 44.8 Å². The maximum Gasteiger partial charge on any atom is 0.205 e. The average molecular weight is 551 g/mol. The second-order valence-electron chi connectivity index (χ2n) is 10.6. The molecule has 1 unspecified atom stereocenters. The van der Waals surface area contributed by atoms with Crippen molar-refractivity contribution in [2.24, 2.45) is 0 Å². The molecule has 0 aliphatic carbocycles. The van der Waals surface area contributed by atoms with Crippen molar-refractivity contribution in [3.05, 3.63) is 142 Å². The number of nitrogens with zero attached hydrogens (tertiary/aromatic N) is 2. The number of imidazole rings is 1. The highest BCUT2D eigenvalue weighted by Gasteiger charge is 2.42. The Kier molecular flexibility index (Phi) is 6.75. The van der Waals surface area contributed by atoms with Crippen LogP contribution < -0.4 is 4.74 Å². The number of aliphatic hydroxyl groups excluding tert-OH is 1. The fraction of sp³-hybridized carbons (Fsp3) is 0.206. The molecule has 202 valence electrons. The van der Waals surface area contributed by atoms with E-state index in [1.165, 1.54) is 0 Å². The zero-order valence-corrected chi connectivity index (χ0v) is 23.5. The summed E-state index contributed by atoms with van der Waals surface area (Å²) in [6, 6.07) is 34.9. The summed E-state index contributed by atoms with van der Waals surface area (Å²) in [4.78, 5) is 5.05. The van der Waals surface area contributed by atoms with Gasteiger partial charge in [-0.05, 0) is 35.7 Å². The van der Waals surface area contributed by atoms with Crippen molar-refractivity contribution >= 4 is 11.6 Å². The number of halogens is 1. The Hall–Kier alpha value is -3.90. The lowest BCUT2D eigenvalue weighted by molar-refractivity contribution is -0.179. The fourth-order valence-corrected chi connectivity index (χ4v) is 5.81. The van der Waals surface area contributed by atoms with Crippen molar-refractivity contribution in [2.75, 3.05) is 0 Å². The molecule has 1 atom stereocenters. The van der Waals surface area contributed by atoms with Gasteiger partial charge in [0, 0.05) is 30.6 Å². The first-order valence-corrected chi connectivity index (χ1v) is 13.8. The molecular weight excluding hydrogens is 520 g/mol. The molecule has 0 radical (unpaired) electrons. The lowest BCUT2D eigenvalue weighted by Gasteiger charge is -2.39. The van der Waals surface area contributed by atoms with Crippen LogP contribution in [-0.4, -0.2) is 20.4 Å². The van der Waals surface area contributed by atoms with Crippen molar-refractivity contribution < 1.29 is 14.6 Å². The van der Waals surface area contributed by atoms with E-state index in [4.69, 9.17) is 26.1 Å². The molecule has 1 N–H and O–H groups in total. The molecule has 6 heteroatoms. The van der Waals surface area contributed by atoms with E-state index < -0.39 is 17.4 Å². The molecule has 40 heavy (non-hydrogen) atoms. The summed E-state index contributed by atoms with van der Waals surface area (Å²) in [6.07, 6.45) is 1.15. The van der Waals surface area contributed by atoms with Gasteiger partial charge in [-0.25, -0.2) is 4.98 Å². The molecule has 0 bridgehead atoms. The molecule has 0 fully saturated rings. The van der Waals surface area contributed by atoms with Gasteiger partial charge in [0.25, 0.3) is 0 Å². The number of rotatable bonds is 6. The molecule has 0 amide bonds. The predicted octanol–water partition coefficient (Wildman–Crippen LogP) is 7.74. The number of ether oxygens (including phenoxy) is 2. The second-order valence-corrected chi connectivity index (χ2v) is 11.0. The molecule has 2 heterocycles. The van der Waals surface area contributed by atoms with Crippen LogP contribution in [0.2, 0.25) is 5.02 Å². The topological polar surface area (TPSA) is 56.5 Å². The Morgan fingerprint density at radius 2 is 1.40 bits per heavy atom. The molecule has 1 aromatic heterocycles. The van der Waals surface area contributed by atoms with E-state index >= 15 is 0 Å². The number of hydrogen-bond donors (Lipinski definition) is 1. The molecule has 0 spiro atoms. The van der Waals surface area contributed by atoms with E-state index in [0.29, 0.717) is 28.9 Å². The van der Waals surface area contributed by atoms with Gasteiger partial charge in [0.2, 0.25) is 5.79 Å². The Balaban J connectivity index is 1.76. The van der Waals surface area contributed by atoms with Crippen LogP contribution in [0, 0.1) is 0 Å². The SMILES string of the molecule is CC(O)c1cn(C(c2ccccc2)(c2ccccc2)c2ccccc2)c(-c2cc(Cl)cc3c2OC(C)(C)OC3)n1. The van der Waals surface area contributed by atoms with E-state index in [1.54, 1.807) is 6.92 Å². The maximum atomic E-state index is 10.8. The molecule has 4 aromatic carbocycles. The number of aromatic nitrogens is 2. The third kappa shape index (κ3) is 4.50. The van der Waals surface area contributed by atoms with Crippen LogP contribution in [0.5, 0.6) is 5.75 Å².